The Morgan fingerprint density at radius 3 is 2.58 bits per heavy atom. The number of hydrogen-bond acceptors (Lipinski definition) is 5. The van der Waals surface area contributed by atoms with Gasteiger partial charge in [-0.3, -0.25) is 4.79 Å². The molecule has 0 aromatic heterocycles. The maximum absolute atomic E-state index is 11.9. The predicted molar refractivity (Wildman–Crippen MR) is 121 cm³/mol. The molecule has 6 nitrogen and oxygen atoms in total. The lowest BCUT2D eigenvalue weighted by Crippen LogP contribution is -2.24. The van der Waals surface area contributed by atoms with Crippen LogP contribution in [0.3, 0.4) is 0 Å². The Bertz CT molecular complexity index is 1050. The molecule has 0 radical (unpaired) electrons. The first-order valence-electron chi connectivity index (χ1n) is 9.61. The molecule has 3 rings (SSSR count). The average molecular weight is 439 g/mol. The third-order valence-electron chi connectivity index (χ3n) is 4.33. The summed E-state index contributed by atoms with van der Waals surface area (Å²) in [6, 6.07) is 20.5. The maximum atomic E-state index is 11.9. The number of rotatable bonds is 9. The number of ether oxygens (including phenoxy) is 3. The van der Waals surface area contributed by atoms with Gasteiger partial charge in [0.05, 0.1) is 13.3 Å². The summed E-state index contributed by atoms with van der Waals surface area (Å²) in [6.07, 6.45) is 1.52. The molecule has 0 bridgehead atoms. The lowest BCUT2D eigenvalue weighted by Gasteiger charge is -2.11. The molecule has 0 saturated carbocycles. The Morgan fingerprint density at radius 2 is 1.84 bits per heavy atom. The summed E-state index contributed by atoms with van der Waals surface area (Å²) in [6.45, 7) is 2.15. The molecule has 0 unspecified atom stereocenters. The average Bonchev–Trinajstić information content (AvgIpc) is 2.79. The summed E-state index contributed by atoms with van der Waals surface area (Å²) >= 11 is 5.98. The van der Waals surface area contributed by atoms with E-state index in [1.807, 2.05) is 43.3 Å². The van der Waals surface area contributed by atoms with Crippen LogP contribution in [0.1, 0.15) is 16.7 Å². The van der Waals surface area contributed by atoms with E-state index >= 15 is 0 Å². The molecule has 0 saturated heterocycles. The third-order valence-corrected chi connectivity index (χ3v) is 4.75. The number of amides is 1. The first-order valence-corrected chi connectivity index (χ1v) is 9.98. The van der Waals surface area contributed by atoms with Gasteiger partial charge >= 0.3 is 0 Å². The monoisotopic (exact) mass is 438 g/mol. The van der Waals surface area contributed by atoms with Gasteiger partial charge in [0.15, 0.2) is 18.1 Å². The Kier molecular flexibility index (Phi) is 7.90. The van der Waals surface area contributed by atoms with E-state index in [9.17, 15) is 4.79 Å². The van der Waals surface area contributed by atoms with Gasteiger partial charge in [0.1, 0.15) is 12.4 Å². The number of hydrogen-bond donors (Lipinski definition) is 1. The summed E-state index contributed by atoms with van der Waals surface area (Å²) in [5, 5.41) is 4.61. The molecule has 0 fully saturated rings. The molecule has 0 aliphatic heterocycles. The number of halogens is 1. The summed E-state index contributed by atoms with van der Waals surface area (Å²) in [5.41, 5.74) is 5.12. The lowest BCUT2D eigenvalue weighted by atomic mass is 10.2. The van der Waals surface area contributed by atoms with Crippen molar-refractivity contribution in [1.29, 1.82) is 0 Å². The SMILES string of the molecule is COc1cc(/C=N/NC(=O)COc2ccc(Cl)c(C)c2)ccc1OCc1ccccc1. The highest BCUT2D eigenvalue weighted by Gasteiger charge is 2.06. The molecule has 0 spiro atoms. The molecule has 160 valence electrons. The van der Waals surface area contributed by atoms with Crippen LogP contribution in [0.15, 0.2) is 71.8 Å². The van der Waals surface area contributed by atoms with Crippen molar-refractivity contribution in [2.75, 3.05) is 13.7 Å². The molecule has 0 aliphatic carbocycles. The number of nitrogens with zero attached hydrogens (tertiary/aromatic N) is 1. The fraction of sp³-hybridized carbons (Fsp3) is 0.167. The fourth-order valence-corrected chi connectivity index (χ4v) is 2.80. The van der Waals surface area contributed by atoms with E-state index in [1.54, 1.807) is 37.4 Å². The second-order valence-corrected chi connectivity index (χ2v) is 7.08. The summed E-state index contributed by atoms with van der Waals surface area (Å²) in [5.74, 6) is 1.39. The van der Waals surface area contributed by atoms with Crippen molar-refractivity contribution in [2.45, 2.75) is 13.5 Å². The third kappa shape index (κ3) is 6.76. The molecule has 1 N–H and O–H groups in total. The summed E-state index contributed by atoms with van der Waals surface area (Å²) < 4.78 is 16.7. The first kappa shape index (κ1) is 22.2. The van der Waals surface area contributed by atoms with E-state index in [2.05, 4.69) is 10.5 Å². The van der Waals surface area contributed by atoms with Gasteiger partial charge in [0.2, 0.25) is 0 Å². The van der Waals surface area contributed by atoms with E-state index in [0.717, 1.165) is 16.7 Å². The van der Waals surface area contributed by atoms with Crippen LogP contribution in [0.25, 0.3) is 0 Å². The smallest absolute Gasteiger partial charge is 0.277 e. The topological polar surface area (TPSA) is 69.2 Å². The second kappa shape index (κ2) is 11.0. The van der Waals surface area contributed by atoms with Crippen LogP contribution in [-0.4, -0.2) is 25.8 Å². The maximum Gasteiger partial charge on any atom is 0.277 e. The van der Waals surface area contributed by atoms with Gasteiger partial charge in [-0.15, -0.1) is 0 Å². The highest BCUT2D eigenvalue weighted by atomic mass is 35.5. The summed E-state index contributed by atoms with van der Waals surface area (Å²) in [7, 11) is 1.57. The van der Waals surface area contributed by atoms with E-state index in [1.165, 1.54) is 6.21 Å². The summed E-state index contributed by atoms with van der Waals surface area (Å²) in [4.78, 5) is 11.9. The van der Waals surface area contributed by atoms with Crippen molar-refractivity contribution in [1.82, 2.24) is 5.43 Å². The molecule has 3 aromatic carbocycles. The normalized spacial score (nSPS) is 10.7. The molecule has 0 atom stereocenters. The standard InChI is InChI=1S/C24H23ClN2O4/c1-17-12-20(9-10-21(17)25)30-16-24(28)27-26-14-19-8-11-22(23(13-19)29-2)31-15-18-6-4-3-5-7-18/h3-14H,15-16H2,1-2H3,(H,27,28)/b26-14+. The van der Waals surface area contributed by atoms with Crippen molar-refractivity contribution in [2.24, 2.45) is 5.10 Å². The molecule has 31 heavy (non-hydrogen) atoms. The number of hydrazone groups is 1. The van der Waals surface area contributed by atoms with Gasteiger partial charge in [-0.1, -0.05) is 41.9 Å². The molecule has 7 heteroatoms. The minimum atomic E-state index is -0.376. The number of nitrogens with one attached hydrogen (secondary N) is 1. The largest absolute Gasteiger partial charge is 0.493 e. The van der Waals surface area contributed by atoms with Gasteiger partial charge in [0, 0.05) is 5.02 Å². The zero-order valence-electron chi connectivity index (χ0n) is 17.3. The van der Waals surface area contributed by atoms with E-state index < -0.39 is 0 Å². The lowest BCUT2D eigenvalue weighted by molar-refractivity contribution is -0.123. The minimum absolute atomic E-state index is 0.159. The van der Waals surface area contributed by atoms with Gasteiger partial charge in [0.25, 0.3) is 5.91 Å². The van der Waals surface area contributed by atoms with Crippen molar-refractivity contribution >= 4 is 23.7 Å². The Labute approximate surface area is 186 Å². The van der Waals surface area contributed by atoms with Crippen LogP contribution in [-0.2, 0) is 11.4 Å². The van der Waals surface area contributed by atoms with Crippen molar-refractivity contribution < 1.29 is 19.0 Å². The first-order chi connectivity index (χ1) is 15.0. The van der Waals surface area contributed by atoms with Gasteiger partial charge in [-0.2, -0.15) is 5.10 Å². The zero-order valence-corrected chi connectivity index (χ0v) is 18.1. The van der Waals surface area contributed by atoms with Crippen LogP contribution < -0.4 is 19.6 Å². The molecular weight excluding hydrogens is 416 g/mol. The van der Waals surface area contributed by atoms with E-state index in [0.29, 0.717) is 28.9 Å². The van der Waals surface area contributed by atoms with E-state index in [4.69, 9.17) is 25.8 Å². The minimum Gasteiger partial charge on any atom is -0.493 e. The molecule has 0 heterocycles. The molecule has 1 amide bonds. The van der Waals surface area contributed by atoms with Gasteiger partial charge in [-0.05, 0) is 60.0 Å². The highest BCUT2D eigenvalue weighted by Crippen LogP contribution is 2.28. The number of methoxy groups -OCH3 is 1. The Balaban J connectivity index is 1.51. The van der Waals surface area contributed by atoms with Crippen LogP contribution >= 0.6 is 11.6 Å². The van der Waals surface area contributed by atoms with Crippen LogP contribution in [0.4, 0.5) is 0 Å². The Morgan fingerprint density at radius 1 is 1.03 bits per heavy atom. The highest BCUT2D eigenvalue weighted by molar-refractivity contribution is 6.31. The predicted octanol–water partition coefficient (Wildman–Crippen LogP) is 4.77. The molecule has 3 aromatic rings. The van der Waals surface area contributed by atoms with Gasteiger partial charge in [-0.25, -0.2) is 5.43 Å². The van der Waals surface area contributed by atoms with Crippen molar-refractivity contribution in [3.05, 3.63) is 88.4 Å². The molecule has 0 aliphatic rings. The van der Waals surface area contributed by atoms with Crippen molar-refractivity contribution in [3.63, 3.8) is 0 Å². The van der Waals surface area contributed by atoms with Crippen LogP contribution in [0.5, 0.6) is 17.2 Å². The quantitative estimate of drug-likeness (QED) is 0.386. The zero-order chi connectivity index (χ0) is 22.1. The number of aryl methyl sites for hydroxylation is 1. The Hall–Kier alpha value is -3.51. The van der Waals surface area contributed by atoms with Crippen LogP contribution in [0.2, 0.25) is 5.02 Å². The van der Waals surface area contributed by atoms with Gasteiger partial charge < -0.3 is 14.2 Å². The second-order valence-electron chi connectivity index (χ2n) is 6.68. The molecular formula is C24H23ClN2O4. The van der Waals surface area contributed by atoms with E-state index in [-0.39, 0.29) is 12.5 Å². The number of carbonyl (C=O) groups is 1. The number of benzene rings is 3. The van der Waals surface area contributed by atoms with Crippen LogP contribution in [0, 0.1) is 6.92 Å². The number of carbonyl (C=O) groups excluding carboxylic acids is 1. The van der Waals surface area contributed by atoms with Crippen molar-refractivity contribution in [3.8, 4) is 17.2 Å². The fourth-order valence-electron chi connectivity index (χ4n) is 2.69.